The van der Waals surface area contributed by atoms with Crippen molar-refractivity contribution in [3.8, 4) is 0 Å². The lowest BCUT2D eigenvalue weighted by atomic mass is 9.98. The minimum atomic E-state index is 0.0856. The van der Waals surface area contributed by atoms with E-state index in [9.17, 15) is 4.79 Å². The minimum Gasteiger partial charge on any atom is -0.337 e. The molecule has 0 N–H and O–H groups in total. The highest BCUT2D eigenvalue weighted by molar-refractivity contribution is 7.09. The van der Waals surface area contributed by atoms with Gasteiger partial charge in [-0.15, -0.1) is 11.3 Å². The van der Waals surface area contributed by atoms with Crippen LogP contribution < -0.4 is 0 Å². The van der Waals surface area contributed by atoms with Crippen molar-refractivity contribution in [3.63, 3.8) is 0 Å². The van der Waals surface area contributed by atoms with Crippen LogP contribution in [0.4, 0.5) is 0 Å². The predicted octanol–water partition coefficient (Wildman–Crippen LogP) is 2.94. The van der Waals surface area contributed by atoms with Gasteiger partial charge in [0, 0.05) is 42.8 Å². The first kappa shape index (κ1) is 14.3. The molecular weight excluding hydrogens is 284 g/mol. The largest absolute Gasteiger partial charge is 0.337 e. The Morgan fingerprint density at radius 2 is 2.29 bits per heavy atom. The van der Waals surface area contributed by atoms with E-state index in [1.807, 2.05) is 36.4 Å². The third kappa shape index (κ3) is 2.85. The van der Waals surface area contributed by atoms with Crippen molar-refractivity contribution in [2.75, 3.05) is 13.1 Å². The second-order valence-electron chi connectivity index (χ2n) is 5.72. The second kappa shape index (κ2) is 5.97. The van der Waals surface area contributed by atoms with Gasteiger partial charge in [0.15, 0.2) is 0 Å². The first-order valence-electron chi connectivity index (χ1n) is 7.39. The number of hydrogen-bond donors (Lipinski definition) is 0. The van der Waals surface area contributed by atoms with E-state index in [0.29, 0.717) is 11.6 Å². The summed E-state index contributed by atoms with van der Waals surface area (Å²) in [4.78, 5) is 19.1. The van der Waals surface area contributed by atoms with Crippen LogP contribution in [0.3, 0.4) is 0 Å². The molecule has 1 atom stereocenters. The minimum absolute atomic E-state index is 0.0856. The summed E-state index contributed by atoms with van der Waals surface area (Å²) >= 11 is 1.68. The van der Waals surface area contributed by atoms with E-state index < -0.39 is 0 Å². The molecule has 0 radical (unpaired) electrons. The smallest absolute Gasteiger partial charge is 0.272 e. The molecule has 6 heteroatoms. The molecule has 1 fully saturated rings. The summed E-state index contributed by atoms with van der Waals surface area (Å²) in [5, 5.41) is 7.41. The Labute approximate surface area is 128 Å². The lowest BCUT2D eigenvalue weighted by molar-refractivity contribution is 0.0692. The van der Waals surface area contributed by atoms with Crippen molar-refractivity contribution in [2.45, 2.75) is 38.6 Å². The van der Waals surface area contributed by atoms with Crippen LogP contribution in [0, 0.1) is 0 Å². The van der Waals surface area contributed by atoms with Gasteiger partial charge in [-0.25, -0.2) is 4.98 Å². The van der Waals surface area contributed by atoms with Crippen molar-refractivity contribution >= 4 is 17.2 Å². The third-order valence-electron chi connectivity index (χ3n) is 3.89. The first-order chi connectivity index (χ1) is 10.2. The average Bonchev–Trinajstić information content (AvgIpc) is 3.17. The molecule has 0 unspecified atom stereocenters. The summed E-state index contributed by atoms with van der Waals surface area (Å²) in [6, 6.07) is 2.01. The Bertz CT molecular complexity index is 605. The fourth-order valence-corrected chi connectivity index (χ4v) is 3.62. The number of aromatic nitrogens is 3. The quantitative estimate of drug-likeness (QED) is 0.876. The number of rotatable bonds is 3. The van der Waals surface area contributed by atoms with Crippen molar-refractivity contribution in [2.24, 2.45) is 0 Å². The number of piperidine rings is 1. The number of carbonyl (C=O) groups excluding carboxylic acids is 1. The molecule has 1 amide bonds. The summed E-state index contributed by atoms with van der Waals surface area (Å²) < 4.78 is 1.80. The Kier molecular flexibility index (Phi) is 4.05. The molecule has 1 aliphatic heterocycles. The normalized spacial score (nSPS) is 19.2. The number of amides is 1. The van der Waals surface area contributed by atoms with Gasteiger partial charge in [0.05, 0.1) is 5.01 Å². The van der Waals surface area contributed by atoms with Gasteiger partial charge >= 0.3 is 0 Å². The van der Waals surface area contributed by atoms with Crippen LogP contribution in [0.5, 0.6) is 0 Å². The van der Waals surface area contributed by atoms with Crippen molar-refractivity contribution < 1.29 is 4.79 Å². The monoisotopic (exact) mass is 304 g/mol. The fraction of sp³-hybridized carbons (Fsp3) is 0.533. The maximum absolute atomic E-state index is 12.7. The van der Waals surface area contributed by atoms with E-state index in [-0.39, 0.29) is 11.9 Å². The van der Waals surface area contributed by atoms with Crippen molar-refractivity contribution in [1.82, 2.24) is 19.7 Å². The van der Waals surface area contributed by atoms with Gasteiger partial charge in [-0.05, 0) is 32.8 Å². The summed E-state index contributed by atoms with van der Waals surface area (Å²) in [6.45, 7) is 5.66. The van der Waals surface area contributed by atoms with Gasteiger partial charge < -0.3 is 4.90 Å². The Morgan fingerprint density at radius 3 is 3.00 bits per heavy atom. The summed E-state index contributed by atoms with van der Waals surface area (Å²) in [5.41, 5.74) is 0.685. The number of thiazole rings is 1. The van der Waals surface area contributed by atoms with Crippen LogP contribution in [0.1, 0.15) is 54.1 Å². The molecule has 0 bridgehead atoms. The lowest BCUT2D eigenvalue weighted by Crippen LogP contribution is -2.40. The van der Waals surface area contributed by atoms with E-state index in [4.69, 9.17) is 0 Å². The van der Waals surface area contributed by atoms with Gasteiger partial charge in [-0.3, -0.25) is 9.48 Å². The molecule has 3 heterocycles. The lowest BCUT2D eigenvalue weighted by Gasteiger charge is -2.32. The SMILES string of the molecule is CC(C)n1nccc1C(=O)N1CCC[C@H](c2nccs2)C1. The van der Waals surface area contributed by atoms with Gasteiger partial charge in [0.2, 0.25) is 0 Å². The van der Waals surface area contributed by atoms with Crippen molar-refractivity contribution in [3.05, 3.63) is 34.5 Å². The number of likely N-dealkylation sites (tertiary alicyclic amines) is 1. The number of hydrogen-bond acceptors (Lipinski definition) is 4. The number of nitrogens with zero attached hydrogens (tertiary/aromatic N) is 4. The van der Waals surface area contributed by atoms with Crippen LogP contribution in [0.25, 0.3) is 0 Å². The van der Waals surface area contributed by atoms with Crippen LogP contribution in [0.2, 0.25) is 0 Å². The van der Waals surface area contributed by atoms with Crippen molar-refractivity contribution in [1.29, 1.82) is 0 Å². The molecule has 2 aromatic heterocycles. The van der Waals surface area contributed by atoms with Crippen LogP contribution in [0.15, 0.2) is 23.8 Å². The Hall–Kier alpha value is -1.69. The molecule has 0 spiro atoms. The van der Waals surface area contributed by atoms with E-state index >= 15 is 0 Å². The second-order valence-corrected chi connectivity index (χ2v) is 6.64. The summed E-state index contributed by atoms with van der Waals surface area (Å²) in [7, 11) is 0. The van der Waals surface area contributed by atoms with E-state index in [1.165, 1.54) is 0 Å². The zero-order chi connectivity index (χ0) is 14.8. The van der Waals surface area contributed by atoms with Gasteiger partial charge in [0.25, 0.3) is 5.91 Å². The van der Waals surface area contributed by atoms with Crippen LogP contribution >= 0.6 is 11.3 Å². The Balaban J connectivity index is 1.77. The molecule has 112 valence electrons. The van der Waals surface area contributed by atoms with Gasteiger partial charge in [0.1, 0.15) is 5.69 Å². The molecule has 5 nitrogen and oxygen atoms in total. The van der Waals surface area contributed by atoms with Crippen LogP contribution in [-0.2, 0) is 0 Å². The summed E-state index contributed by atoms with van der Waals surface area (Å²) in [5.74, 6) is 0.459. The molecular formula is C15H20N4OS. The third-order valence-corrected chi connectivity index (χ3v) is 4.83. The molecule has 1 saturated heterocycles. The summed E-state index contributed by atoms with van der Waals surface area (Å²) in [6.07, 6.45) is 5.69. The maximum Gasteiger partial charge on any atom is 0.272 e. The number of carbonyl (C=O) groups is 1. The molecule has 0 aliphatic carbocycles. The molecule has 1 aliphatic rings. The maximum atomic E-state index is 12.7. The van der Waals surface area contributed by atoms with E-state index in [2.05, 4.69) is 10.1 Å². The molecule has 21 heavy (non-hydrogen) atoms. The van der Waals surface area contributed by atoms with Gasteiger partial charge in [-0.2, -0.15) is 5.10 Å². The van der Waals surface area contributed by atoms with Crippen LogP contribution in [-0.4, -0.2) is 38.7 Å². The van der Waals surface area contributed by atoms with E-state index in [0.717, 1.165) is 30.9 Å². The predicted molar refractivity (Wildman–Crippen MR) is 82.6 cm³/mol. The highest BCUT2D eigenvalue weighted by atomic mass is 32.1. The Morgan fingerprint density at radius 1 is 1.43 bits per heavy atom. The molecule has 0 saturated carbocycles. The zero-order valence-electron chi connectivity index (χ0n) is 12.4. The fourth-order valence-electron chi connectivity index (χ4n) is 2.86. The topological polar surface area (TPSA) is 51.0 Å². The average molecular weight is 304 g/mol. The molecule has 0 aromatic carbocycles. The van der Waals surface area contributed by atoms with Gasteiger partial charge in [-0.1, -0.05) is 0 Å². The standard InChI is InChI=1S/C15H20N4OS/c1-11(2)19-13(5-6-17-19)15(20)18-8-3-4-12(10-18)14-16-7-9-21-14/h5-7,9,11-12H,3-4,8,10H2,1-2H3/t12-/m0/s1. The molecule has 2 aromatic rings. The zero-order valence-corrected chi connectivity index (χ0v) is 13.2. The highest BCUT2D eigenvalue weighted by Gasteiger charge is 2.28. The molecule has 3 rings (SSSR count). The highest BCUT2D eigenvalue weighted by Crippen LogP contribution is 2.29. The van der Waals surface area contributed by atoms with E-state index in [1.54, 1.807) is 22.2 Å². The first-order valence-corrected chi connectivity index (χ1v) is 8.27.